The minimum Gasteiger partial charge on any atom is -0.465 e. The number of nitrogens with one attached hydrogen (secondary N) is 1. The summed E-state index contributed by atoms with van der Waals surface area (Å²) in [6, 6.07) is 17.9. The third-order valence-electron chi connectivity index (χ3n) is 7.57. The Morgan fingerprint density at radius 2 is 1.84 bits per heavy atom. The van der Waals surface area contributed by atoms with Gasteiger partial charge in [-0.05, 0) is 53.9 Å². The summed E-state index contributed by atoms with van der Waals surface area (Å²) in [5, 5.41) is 4.42. The number of benzene rings is 2. The summed E-state index contributed by atoms with van der Waals surface area (Å²) >= 11 is 1.51. The van der Waals surface area contributed by atoms with Crippen LogP contribution in [0.2, 0.25) is 0 Å². The molecule has 1 aliphatic rings. The number of para-hydroxylation sites is 1. The Labute approximate surface area is 228 Å². The van der Waals surface area contributed by atoms with E-state index in [-0.39, 0.29) is 11.3 Å². The monoisotopic (exact) mass is 526 g/mol. The molecule has 0 bridgehead atoms. The number of fused-ring (bicyclic) bond motifs is 2. The maximum atomic E-state index is 13.8. The van der Waals surface area contributed by atoms with E-state index in [4.69, 9.17) is 9.72 Å². The minimum atomic E-state index is -0.396. The lowest BCUT2D eigenvalue weighted by Crippen LogP contribution is -2.17. The average Bonchev–Trinajstić information content (AvgIpc) is 3.28. The predicted octanol–water partition coefficient (Wildman–Crippen LogP) is 7.81. The number of rotatable bonds is 5. The average molecular weight is 527 g/mol. The third-order valence-corrected chi connectivity index (χ3v) is 8.74. The second-order valence-electron chi connectivity index (χ2n) is 11.1. The van der Waals surface area contributed by atoms with Crippen molar-refractivity contribution in [2.24, 2.45) is 5.92 Å². The molecule has 0 unspecified atom stereocenters. The van der Waals surface area contributed by atoms with Crippen molar-refractivity contribution in [2.45, 2.75) is 58.8 Å². The van der Waals surface area contributed by atoms with Crippen LogP contribution in [0.15, 0.2) is 54.6 Å². The highest BCUT2D eigenvalue weighted by molar-refractivity contribution is 7.17. The number of esters is 1. The zero-order valence-corrected chi connectivity index (χ0v) is 23.5. The van der Waals surface area contributed by atoms with Gasteiger partial charge in [-0.25, -0.2) is 9.78 Å². The van der Waals surface area contributed by atoms with E-state index in [0.717, 1.165) is 53.4 Å². The number of aromatic nitrogens is 1. The number of nitrogens with zero attached hydrogens (tertiary/aromatic N) is 1. The van der Waals surface area contributed by atoms with E-state index in [0.29, 0.717) is 22.0 Å². The van der Waals surface area contributed by atoms with Crippen molar-refractivity contribution in [1.29, 1.82) is 0 Å². The van der Waals surface area contributed by atoms with Crippen LogP contribution in [-0.4, -0.2) is 24.0 Å². The lowest BCUT2D eigenvalue weighted by Gasteiger charge is -2.20. The summed E-state index contributed by atoms with van der Waals surface area (Å²) in [4.78, 5) is 32.7. The number of carbonyl (C=O) groups is 2. The Morgan fingerprint density at radius 1 is 1.11 bits per heavy atom. The summed E-state index contributed by atoms with van der Waals surface area (Å²) in [5.41, 5.74) is 5.78. The molecule has 1 N–H and O–H groups in total. The quantitative estimate of drug-likeness (QED) is 0.269. The molecule has 1 aliphatic carbocycles. The zero-order valence-electron chi connectivity index (χ0n) is 22.7. The zero-order chi connectivity index (χ0) is 27.0. The van der Waals surface area contributed by atoms with Gasteiger partial charge in [0.1, 0.15) is 5.00 Å². The van der Waals surface area contributed by atoms with E-state index in [1.807, 2.05) is 30.3 Å². The molecule has 0 saturated carbocycles. The van der Waals surface area contributed by atoms with Crippen LogP contribution in [0, 0.1) is 5.92 Å². The van der Waals surface area contributed by atoms with Crippen LogP contribution in [0.3, 0.4) is 0 Å². The molecule has 4 aromatic rings. The molecule has 0 saturated heterocycles. The topological polar surface area (TPSA) is 68.3 Å². The number of hydrogen-bond acceptors (Lipinski definition) is 5. The Kier molecular flexibility index (Phi) is 7.10. The first-order chi connectivity index (χ1) is 18.2. The van der Waals surface area contributed by atoms with Gasteiger partial charge in [-0.2, -0.15) is 0 Å². The molecule has 6 heteroatoms. The van der Waals surface area contributed by atoms with Crippen molar-refractivity contribution in [2.75, 3.05) is 12.4 Å². The second-order valence-corrected chi connectivity index (χ2v) is 12.2. The second kappa shape index (κ2) is 10.3. The molecule has 38 heavy (non-hydrogen) atoms. The molecule has 2 aromatic carbocycles. The molecular weight excluding hydrogens is 492 g/mol. The lowest BCUT2D eigenvalue weighted by molar-refractivity contribution is 0.0600. The van der Waals surface area contributed by atoms with Gasteiger partial charge in [-0.15, -0.1) is 11.3 Å². The fourth-order valence-corrected chi connectivity index (χ4v) is 6.58. The summed E-state index contributed by atoms with van der Waals surface area (Å²) < 4.78 is 5.13. The maximum Gasteiger partial charge on any atom is 0.341 e. The molecule has 1 amide bonds. The van der Waals surface area contributed by atoms with Crippen LogP contribution < -0.4 is 5.32 Å². The van der Waals surface area contributed by atoms with E-state index in [2.05, 4.69) is 57.3 Å². The molecule has 2 heterocycles. The first kappa shape index (κ1) is 26.1. The van der Waals surface area contributed by atoms with Gasteiger partial charge in [0.15, 0.2) is 0 Å². The predicted molar refractivity (Wildman–Crippen MR) is 155 cm³/mol. The molecule has 196 valence electrons. The maximum absolute atomic E-state index is 13.8. The Balaban J connectivity index is 1.55. The van der Waals surface area contributed by atoms with Gasteiger partial charge >= 0.3 is 5.97 Å². The molecule has 0 aliphatic heterocycles. The first-order valence-electron chi connectivity index (χ1n) is 13.2. The van der Waals surface area contributed by atoms with Crippen molar-refractivity contribution in [3.8, 4) is 11.3 Å². The largest absolute Gasteiger partial charge is 0.465 e. The van der Waals surface area contributed by atoms with E-state index in [9.17, 15) is 9.59 Å². The molecule has 0 fully saturated rings. The van der Waals surface area contributed by atoms with Gasteiger partial charge in [0.05, 0.1) is 29.4 Å². The fourth-order valence-electron chi connectivity index (χ4n) is 5.23. The SMILES string of the molecule is CC[C@@H]1CCc2c(sc(NC(=O)c3cc(-c4ccc(C(C)(C)C)cc4)nc4ccccc34)c2C(=O)OC)C1. The Morgan fingerprint density at radius 3 is 2.53 bits per heavy atom. The highest BCUT2D eigenvalue weighted by Crippen LogP contribution is 2.41. The van der Waals surface area contributed by atoms with Gasteiger partial charge in [0, 0.05) is 15.8 Å². The van der Waals surface area contributed by atoms with Crippen LogP contribution in [0.4, 0.5) is 5.00 Å². The Bertz CT molecular complexity index is 1510. The van der Waals surface area contributed by atoms with Crippen LogP contribution >= 0.6 is 11.3 Å². The normalized spacial score (nSPS) is 15.2. The number of thiophene rings is 1. The van der Waals surface area contributed by atoms with Gasteiger partial charge in [0.25, 0.3) is 5.91 Å². The molecule has 1 atom stereocenters. The number of methoxy groups -OCH3 is 1. The van der Waals surface area contributed by atoms with E-state index in [1.54, 1.807) is 0 Å². The summed E-state index contributed by atoms with van der Waals surface area (Å²) in [6.45, 7) is 8.76. The van der Waals surface area contributed by atoms with E-state index >= 15 is 0 Å². The summed E-state index contributed by atoms with van der Waals surface area (Å²) in [7, 11) is 1.39. The van der Waals surface area contributed by atoms with Crippen molar-refractivity contribution in [3.63, 3.8) is 0 Å². The third kappa shape index (κ3) is 4.97. The van der Waals surface area contributed by atoms with Crippen molar-refractivity contribution in [1.82, 2.24) is 4.98 Å². The fraction of sp³-hybridized carbons (Fsp3) is 0.344. The molecule has 2 aromatic heterocycles. The van der Waals surface area contributed by atoms with E-state index in [1.165, 1.54) is 28.9 Å². The van der Waals surface area contributed by atoms with Gasteiger partial charge in [-0.3, -0.25) is 4.79 Å². The molecule has 5 rings (SSSR count). The molecule has 0 spiro atoms. The van der Waals surface area contributed by atoms with Crippen molar-refractivity contribution < 1.29 is 14.3 Å². The highest BCUT2D eigenvalue weighted by Gasteiger charge is 2.30. The van der Waals surface area contributed by atoms with Crippen LogP contribution in [0.1, 0.15) is 77.3 Å². The van der Waals surface area contributed by atoms with Gasteiger partial charge in [-0.1, -0.05) is 76.6 Å². The van der Waals surface area contributed by atoms with Crippen LogP contribution in [0.25, 0.3) is 22.2 Å². The molecular formula is C32H34N2O3S. The number of amides is 1. The minimum absolute atomic E-state index is 0.0504. The molecule has 5 nitrogen and oxygen atoms in total. The number of hydrogen-bond donors (Lipinski definition) is 1. The summed E-state index contributed by atoms with van der Waals surface area (Å²) in [5.74, 6) is -0.0505. The Hall–Kier alpha value is -3.51. The first-order valence-corrected chi connectivity index (χ1v) is 14.1. The smallest absolute Gasteiger partial charge is 0.341 e. The number of anilines is 1. The van der Waals surface area contributed by atoms with Gasteiger partial charge < -0.3 is 10.1 Å². The standard InChI is InChI=1S/C32H34N2O3S/c1-6-19-11-16-23-27(17-19)38-30(28(23)31(36)37-5)34-29(35)24-18-26(33-25-10-8-7-9-22(24)25)20-12-14-21(15-13-20)32(2,3)4/h7-10,12-15,18-19H,6,11,16-17H2,1-5H3,(H,34,35)/t19-/m1/s1. The number of pyridine rings is 1. The van der Waals surface area contributed by atoms with Crippen molar-refractivity contribution in [3.05, 3.63) is 81.7 Å². The number of carbonyl (C=O) groups excluding carboxylic acids is 2. The highest BCUT2D eigenvalue weighted by atomic mass is 32.1. The van der Waals surface area contributed by atoms with E-state index < -0.39 is 5.97 Å². The van der Waals surface area contributed by atoms with Crippen molar-refractivity contribution >= 4 is 39.1 Å². The number of ether oxygens (including phenoxy) is 1. The molecule has 0 radical (unpaired) electrons. The van der Waals surface area contributed by atoms with Crippen LogP contribution in [-0.2, 0) is 23.0 Å². The van der Waals surface area contributed by atoms with Crippen LogP contribution in [0.5, 0.6) is 0 Å². The lowest BCUT2D eigenvalue weighted by atomic mass is 9.85. The summed E-state index contributed by atoms with van der Waals surface area (Å²) in [6.07, 6.45) is 3.92. The van der Waals surface area contributed by atoms with Gasteiger partial charge in [0.2, 0.25) is 0 Å².